The summed E-state index contributed by atoms with van der Waals surface area (Å²) in [5, 5.41) is 3.06. The van der Waals surface area contributed by atoms with E-state index in [9.17, 15) is 9.59 Å². The zero-order chi connectivity index (χ0) is 23.9. The average molecular weight is 463 g/mol. The maximum absolute atomic E-state index is 13.6. The first-order chi connectivity index (χ1) is 17.1. The zero-order valence-electron chi connectivity index (χ0n) is 19.8. The van der Waals surface area contributed by atoms with Gasteiger partial charge in [-0.15, -0.1) is 0 Å². The van der Waals surface area contributed by atoms with E-state index in [2.05, 4.69) is 41.7 Å². The fourth-order valence-electron chi connectivity index (χ4n) is 6.33. The molecule has 2 unspecified atom stereocenters. The van der Waals surface area contributed by atoms with E-state index >= 15 is 0 Å². The van der Waals surface area contributed by atoms with Crippen LogP contribution in [0.1, 0.15) is 46.2 Å². The summed E-state index contributed by atoms with van der Waals surface area (Å²) in [6.07, 6.45) is 6.10. The van der Waals surface area contributed by atoms with Gasteiger partial charge < -0.3 is 11.1 Å². The summed E-state index contributed by atoms with van der Waals surface area (Å²) in [6, 6.07) is 23.1. The van der Waals surface area contributed by atoms with E-state index < -0.39 is 11.8 Å². The predicted octanol–water partition coefficient (Wildman–Crippen LogP) is 5.03. The van der Waals surface area contributed by atoms with Gasteiger partial charge in [0.25, 0.3) is 0 Å². The Balaban J connectivity index is 1.41. The number of nitrogens with one attached hydrogen (secondary N) is 1. The van der Waals surface area contributed by atoms with Crippen LogP contribution >= 0.6 is 0 Å². The van der Waals surface area contributed by atoms with Crippen LogP contribution < -0.4 is 11.1 Å². The molecule has 6 aliphatic rings. The minimum absolute atomic E-state index is 0.126. The molecule has 0 spiro atoms. The molecule has 0 saturated heterocycles. The molecule has 0 saturated carbocycles. The van der Waals surface area contributed by atoms with Gasteiger partial charge in [0.2, 0.25) is 11.8 Å². The van der Waals surface area contributed by atoms with Crippen LogP contribution in [-0.2, 0) is 41.7 Å². The largest absolute Gasteiger partial charge is 0.369 e. The number of para-hydroxylation sites is 1. The topological polar surface area (TPSA) is 72.2 Å². The van der Waals surface area contributed by atoms with Gasteiger partial charge in [0.05, 0.1) is 11.8 Å². The monoisotopic (exact) mass is 462 g/mol. The van der Waals surface area contributed by atoms with Crippen LogP contribution in [0.4, 0.5) is 5.69 Å². The third kappa shape index (κ3) is 3.97. The lowest BCUT2D eigenvalue weighted by Gasteiger charge is -2.31. The second-order valence-electron chi connectivity index (χ2n) is 10.1. The molecule has 6 aliphatic carbocycles. The molecule has 4 bridgehead atoms. The van der Waals surface area contributed by atoms with Crippen molar-refractivity contribution in [3.05, 3.63) is 106 Å². The average Bonchev–Trinajstić information content (AvgIpc) is 3.25. The van der Waals surface area contributed by atoms with Crippen LogP contribution in [0.5, 0.6) is 0 Å². The highest BCUT2D eigenvalue weighted by Gasteiger charge is 2.43. The number of nitrogens with two attached hydrogens (primary N) is 1. The van der Waals surface area contributed by atoms with Crippen LogP contribution in [0, 0.1) is 11.8 Å². The smallest absolute Gasteiger partial charge is 0.232 e. The van der Waals surface area contributed by atoms with Crippen LogP contribution in [-0.4, -0.2) is 11.8 Å². The van der Waals surface area contributed by atoms with Crippen molar-refractivity contribution in [2.24, 2.45) is 17.6 Å². The second kappa shape index (κ2) is 8.84. The molecule has 4 heteroatoms. The van der Waals surface area contributed by atoms with Crippen molar-refractivity contribution in [3.8, 4) is 0 Å². The Hall–Kier alpha value is -3.66. The number of carbonyl (C=O) groups excluding carboxylic acids is 2. The van der Waals surface area contributed by atoms with Crippen LogP contribution in [0.3, 0.4) is 0 Å². The standard InChI is InChI=1S/C31H30N2O2/c32-30(34)25-17-16-24-27(29(25)31(35)33-23-4-2-1-3-5-23)18-26-21-12-10-19-6-8-20(9-7-19)11-13-22(15-14-21)28(24)26/h1-9,14-15,25,29H,10-13,16-18H2,(H2,32,34)(H,33,35). The number of hydrogen-bond donors (Lipinski definition) is 2. The summed E-state index contributed by atoms with van der Waals surface area (Å²) in [6.45, 7) is 0. The van der Waals surface area contributed by atoms with Crippen LogP contribution in [0.2, 0.25) is 0 Å². The Labute approximate surface area is 206 Å². The van der Waals surface area contributed by atoms with Gasteiger partial charge >= 0.3 is 0 Å². The molecule has 3 N–H and O–H groups in total. The van der Waals surface area contributed by atoms with Gasteiger partial charge in [-0.25, -0.2) is 0 Å². The fourth-order valence-corrected chi connectivity index (χ4v) is 6.33. The number of amides is 2. The van der Waals surface area contributed by atoms with Crippen molar-refractivity contribution >= 4 is 23.1 Å². The van der Waals surface area contributed by atoms with E-state index in [1.807, 2.05) is 30.3 Å². The Bertz CT molecular complexity index is 1340. The van der Waals surface area contributed by atoms with Crippen molar-refractivity contribution in [3.63, 3.8) is 0 Å². The van der Waals surface area contributed by atoms with E-state index in [0.717, 1.165) is 49.8 Å². The van der Waals surface area contributed by atoms with E-state index in [-0.39, 0.29) is 11.8 Å². The molecule has 0 fully saturated rings. The minimum atomic E-state index is -0.525. The highest BCUT2D eigenvalue weighted by atomic mass is 16.2. The van der Waals surface area contributed by atoms with E-state index in [4.69, 9.17) is 5.73 Å². The summed E-state index contributed by atoms with van der Waals surface area (Å²) in [7, 11) is 0. The first-order valence-corrected chi connectivity index (χ1v) is 12.7. The molecule has 0 aliphatic heterocycles. The molecular weight excluding hydrogens is 432 g/mol. The van der Waals surface area contributed by atoms with Gasteiger partial charge in [-0.3, -0.25) is 9.59 Å². The normalized spacial score (nSPS) is 20.6. The first-order valence-electron chi connectivity index (χ1n) is 12.7. The molecule has 0 radical (unpaired) electrons. The number of carbonyl (C=O) groups is 2. The zero-order valence-corrected chi connectivity index (χ0v) is 19.8. The fraction of sp³-hybridized carbons (Fsp3) is 0.290. The number of allylic oxidation sites excluding steroid dienone is 1. The lowest BCUT2D eigenvalue weighted by atomic mass is 9.74. The summed E-state index contributed by atoms with van der Waals surface area (Å²) >= 11 is 0. The van der Waals surface area contributed by atoms with Crippen LogP contribution in [0.15, 0.2) is 72.3 Å². The Morgan fingerprint density at radius 1 is 0.771 bits per heavy atom. The molecule has 9 rings (SSSR count). The number of rotatable bonds is 3. The van der Waals surface area contributed by atoms with Gasteiger partial charge in [-0.1, -0.05) is 54.6 Å². The third-order valence-corrected chi connectivity index (χ3v) is 8.11. The SMILES string of the molecule is NC(=O)C1CCC2=C(Cc3c4ccc(c32)CCc2ccc(cc2)CC4)C1C(=O)Nc1ccccc1. The maximum Gasteiger partial charge on any atom is 0.232 e. The summed E-state index contributed by atoms with van der Waals surface area (Å²) in [5.41, 5.74) is 17.1. The van der Waals surface area contributed by atoms with Gasteiger partial charge in [-0.05, 0) is 102 Å². The molecule has 3 aromatic carbocycles. The molecule has 4 nitrogen and oxygen atoms in total. The number of primary amides is 1. The Morgan fingerprint density at radius 3 is 2.11 bits per heavy atom. The number of aryl methyl sites for hydroxylation is 4. The molecular formula is C31H30N2O2. The Morgan fingerprint density at radius 2 is 1.43 bits per heavy atom. The van der Waals surface area contributed by atoms with Gasteiger partial charge in [0, 0.05) is 5.69 Å². The molecule has 176 valence electrons. The second-order valence-corrected chi connectivity index (χ2v) is 10.1. The molecule has 3 aromatic rings. The van der Waals surface area contributed by atoms with Crippen molar-refractivity contribution in [2.75, 3.05) is 5.32 Å². The molecule has 2 amide bonds. The van der Waals surface area contributed by atoms with Crippen molar-refractivity contribution < 1.29 is 9.59 Å². The number of benzene rings is 3. The number of hydrogen-bond acceptors (Lipinski definition) is 2. The lowest BCUT2D eigenvalue weighted by Crippen LogP contribution is -2.40. The summed E-state index contributed by atoms with van der Waals surface area (Å²) in [4.78, 5) is 26.1. The van der Waals surface area contributed by atoms with Gasteiger partial charge in [0.15, 0.2) is 0 Å². The first kappa shape index (κ1) is 21.8. The molecule has 35 heavy (non-hydrogen) atoms. The van der Waals surface area contributed by atoms with Crippen LogP contribution in [0.25, 0.3) is 5.57 Å². The molecule has 0 aromatic heterocycles. The quantitative estimate of drug-likeness (QED) is 0.573. The predicted molar refractivity (Wildman–Crippen MR) is 139 cm³/mol. The van der Waals surface area contributed by atoms with E-state index in [1.165, 1.54) is 39.0 Å². The minimum Gasteiger partial charge on any atom is -0.369 e. The molecule has 2 atom stereocenters. The van der Waals surface area contributed by atoms with Gasteiger partial charge in [0.1, 0.15) is 0 Å². The van der Waals surface area contributed by atoms with Crippen molar-refractivity contribution in [1.82, 2.24) is 0 Å². The Kier molecular flexibility index (Phi) is 5.52. The maximum atomic E-state index is 13.6. The summed E-state index contributed by atoms with van der Waals surface area (Å²) < 4.78 is 0. The molecule has 0 heterocycles. The van der Waals surface area contributed by atoms with Crippen molar-refractivity contribution in [1.29, 1.82) is 0 Å². The van der Waals surface area contributed by atoms with E-state index in [0.29, 0.717) is 6.42 Å². The van der Waals surface area contributed by atoms with Gasteiger partial charge in [-0.2, -0.15) is 0 Å². The summed E-state index contributed by atoms with van der Waals surface area (Å²) in [5.74, 6) is -1.51. The number of anilines is 1. The van der Waals surface area contributed by atoms with E-state index in [1.54, 1.807) is 0 Å². The lowest BCUT2D eigenvalue weighted by molar-refractivity contribution is -0.129. The highest BCUT2D eigenvalue weighted by Crippen LogP contribution is 2.49. The van der Waals surface area contributed by atoms with Crippen molar-refractivity contribution in [2.45, 2.75) is 44.9 Å². The highest BCUT2D eigenvalue weighted by molar-refractivity contribution is 6.01. The third-order valence-electron chi connectivity index (χ3n) is 8.11.